The third-order valence-corrected chi connectivity index (χ3v) is 9.14. The van der Waals surface area contributed by atoms with E-state index in [1.165, 1.54) is 0 Å². The number of alkyl halides is 3. The lowest BCUT2D eigenvalue weighted by Crippen LogP contribution is -2.47. The van der Waals surface area contributed by atoms with Gasteiger partial charge in [0.25, 0.3) is 0 Å². The molecule has 0 aromatic heterocycles. The van der Waals surface area contributed by atoms with E-state index in [9.17, 15) is 22.8 Å². The maximum absolute atomic E-state index is 14.9. The van der Waals surface area contributed by atoms with Crippen molar-refractivity contribution in [1.82, 2.24) is 5.32 Å². The number of benzene rings is 4. The van der Waals surface area contributed by atoms with Gasteiger partial charge < -0.3 is 16.0 Å². The minimum atomic E-state index is -4.55. The lowest BCUT2D eigenvalue weighted by atomic mass is 9.83. The van der Waals surface area contributed by atoms with E-state index in [4.69, 9.17) is 5.73 Å². The number of unbranched alkanes of at least 4 members (excludes halogenated alkanes) is 1. The third-order valence-electron chi connectivity index (χ3n) is 9.14. The van der Waals surface area contributed by atoms with Gasteiger partial charge in [0.2, 0.25) is 5.91 Å². The summed E-state index contributed by atoms with van der Waals surface area (Å²) < 4.78 is 39.8. The van der Waals surface area contributed by atoms with Gasteiger partial charge in [0.1, 0.15) is 6.54 Å². The number of ketones is 1. The van der Waals surface area contributed by atoms with Gasteiger partial charge in [-0.2, -0.15) is 13.2 Å². The molecule has 0 bridgehead atoms. The summed E-state index contributed by atoms with van der Waals surface area (Å²) in [6.07, 6.45) is -0.117. The molecule has 0 saturated carbocycles. The SMILES string of the molecule is CCCCc1c2c(cc(C(=O)c3ccccc3-c3ccccc3)c1N1CCCCC1N)-c1ccccc1C2C(=O)NCC(F)(F)F. The van der Waals surface area contributed by atoms with Crippen LogP contribution in [-0.2, 0) is 11.2 Å². The van der Waals surface area contributed by atoms with Crippen LogP contribution in [0.2, 0.25) is 0 Å². The zero-order valence-corrected chi connectivity index (χ0v) is 25.9. The van der Waals surface area contributed by atoms with Gasteiger partial charge in [0, 0.05) is 17.7 Å². The number of rotatable bonds is 9. The molecule has 2 atom stereocenters. The highest BCUT2D eigenvalue weighted by atomic mass is 19.4. The topological polar surface area (TPSA) is 75.4 Å². The Hall–Kier alpha value is -4.43. The molecular weight excluding hydrogens is 587 g/mol. The fraction of sp³-hybridized carbons (Fsp3) is 0.316. The number of amides is 1. The first-order valence-electron chi connectivity index (χ1n) is 16.0. The van der Waals surface area contributed by atoms with Gasteiger partial charge in [-0.25, -0.2) is 0 Å². The van der Waals surface area contributed by atoms with Crippen molar-refractivity contribution < 1.29 is 22.8 Å². The molecule has 4 aromatic carbocycles. The molecule has 1 heterocycles. The Balaban J connectivity index is 1.62. The molecule has 6 rings (SSSR count). The predicted octanol–water partition coefficient (Wildman–Crippen LogP) is 7.99. The second-order valence-electron chi connectivity index (χ2n) is 12.2. The van der Waals surface area contributed by atoms with Gasteiger partial charge in [0.05, 0.1) is 17.8 Å². The Labute approximate surface area is 267 Å². The number of halogens is 3. The zero-order valence-electron chi connectivity index (χ0n) is 25.9. The van der Waals surface area contributed by atoms with Crippen LogP contribution in [0, 0.1) is 0 Å². The smallest absolute Gasteiger partial charge is 0.355 e. The van der Waals surface area contributed by atoms with Crippen molar-refractivity contribution in [3.63, 3.8) is 0 Å². The summed E-state index contributed by atoms with van der Waals surface area (Å²) in [7, 11) is 0. The molecule has 0 radical (unpaired) electrons. The average Bonchev–Trinajstić information content (AvgIpc) is 3.40. The molecule has 1 amide bonds. The molecule has 3 N–H and O–H groups in total. The number of carbonyl (C=O) groups excluding carboxylic acids is 2. The molecular formula is C38H38F3N3O2. The summed E-state index contributed by atoms with van der Waals surface area (Å²) in [4.78, 5) is 30.7. The second-order valence-corrected chi connectivity index (χ2v) is 12.2. The predicted molar refractivity (Wildman–Crippen MR) is 176 cm³/mol. The van der Waals surface area contributed by atoms with E-state index >= 15 is 0 Å². The summed E-state index contributed by atoms with van der Waals surface area (Å²) in [5.41, 5.74) is 13.8. The highest BCUT2D eigenvalue weighted by Gasteiger charge is 2.41. The lowest BCUT2D eigenvalue weighted by molar-refractivity contribution is -0.138. The number of fused-ring (bicyclic) bond motifs is 3. The van der Waals surface area contributed by atoms with E-state index in [1.807, 2.05) is 72.8 Å². The average molecular weight is 626 g/mol. The second kappa shape index (κ2) is 13.1. The van der Waals surface area contributed by atoms with Crippen molar-refractivity contribution in [2.45, 2.75) is 63.7 Å². The normalized spacial score (nSPS) is 17.4. The fourth-order valence-electron chi connectivity index (χ4n) is 7.05. The van der Waals surface area contributed by atoms with Crippen LogP contribution in [0.1, 0.15) is 77.6 Å². The highest BCUT2D eigenvalue weighted by Crippen LogP contribution is 2.51. The van der Waals surface area contributed by atoms with Gasteiger partial charge in [-0.3, -0.25) is 9.59 Å². The molecule has 5 nitrogen and oxygen atoms in total. The van der Waals surface area contributed by atoms with Crippen LogP contribution in [-0.4, -0.2) is 37.1 Å². The summed E-state index contributed by atoms with van der Waals surface area (Å²) in [6.45, 7) is 1.29. The summed E-state index contributed by atoms with van der Waals surface area (Å²) in [5.74, 6) is -1.81. The van der Waals surface area contributed by atoms with Crippen LogP contribution in [0.3, 0.4) is 0 Å². The molecule has 1 aliphatic carbocycles. The molecule has 4 aromatic rings. The molecule has 0 spiro atoms. The van der Waals surface area contributed by atoms with Crippen molar-refractivity contribution >= 4 is 17.4 Å². The van der Waals surface area contributed by atoms with E-state index in [0.717, 1.165) is 54.4 Å². The maximum atomic E-state index is 14.9. The number of nitrogens with two attached hydrogens (primary N) is 1. The van der Waals surface area contributed by atoms with E-state index in [2.05, 4.69) is 17.1 Å². The Morgan fingerprint density at radius 1 is 0.891 bits per heavy atom. The van der Waals surface area contributed by atoms with Crippen LogP contribution in [0.5, 0.6) is 0 Å². The molecule has 2 unspecified atom stereocenters. The molecule has 238 valence electrons. The van der Waals surface area contributed by atoms with Crippen molar-refractivity contribution in [2.75, 3.05) is 18.0 Å². The summed E-state index contributed by atoms with van der Waals surface area (Å²) >= 11 is 0. The van der Waals surface area contributed by atoms with E-state index in [1.54, 1.807) is 12.1 Å². The van der Waals surface area contributed by atoms with E-state index < -0.39 is 24.5 Å². The van der Waals surface area contributed by atoms with E-state index in [0.29, 0.717) is 46.5 Å². The minimum absolute atomic E-state index is 0.157. The lowest BCUT2D eigenvalue weighted by Gasteiger charge is -2.38. The number of carbonyl (C=O) groups is 2. The molecule has 1 saturated heterocycles. The Morgan fingerprint density at radius 2 is 1.59 bits per heavy atom. The van der Waals surface area contributed by atoms with E-state index in [-0.39, 0.29) is 11.9 Å². The van der Waals surface area contributed by atoms with Crippen LogP contribution < -0.4 is 16.0 Å². The monoisotopic (exact) mass is 625 g/mol. The van der Waals surface area contributed by atoms with Crippen molar-refractivity contribution in [2.24, 2.45) is 5.73 Å². The number of piperidine rings is 1. The number of anilines is 1. The Bertz CT molecular complexity index is 1750. The molecule has 46 heavy (non-hydrogen) atoms. The van der Waals surface area contributed by atoms with Gasteiger partial charge >= 0.3 is 6.18 Å². The fourth-order valence-corrected chi connectivity index (χ4v) is 7.05. The van der Waals surface area contributed by atoms with Crippen LogP contribution >= 0.6 is 0 Å². The van der Waals surface area contributed by atoms with Crippen LogP contribution in [0.4, 0.5) is 18.9 Å². The van der Waals surface area contributed by atoms with Crippen molar-refractivity contribution in [3.8, 4) is 22.3 Å². The summed E-state index contributed by atoms with van der Waals surface area (Å²) in [5, 5.41) is 2.16. The van der Waals surface area contributed by atoms with Gasteiger partial charge in [-0.15, -0.1) is 0 Å². The molecule has 1 aliphatic heterocycles. The number of hydrogen-bond donors (Lipinski definition) is 2. The van der Waals surface area contributed by atoms with Crippen molar-refractivity contribution in [1.29, 1.82) is 0 Å². The molecule has 1 fully saturated rings. The zero-order chi connectivity index (χ0) is 32.4. The van der Waals surface area contributed by atoms with Crippen LogP contribution in [0.25, 0.3) is 22.3 Å². The Morgan fingerprint density at radius 3 is 2.30 bits per heavy atom. The van der Waals surface area contributed by atoms with Crippen molar-refractivity contribution in [3.05, 3.63) is 113 Å². The number of nitrogens with one attached hydrogen (secondary N) is 1. The largest absolute Gasteiger partial charge is 0.405 e. The molecule has 2 aliphatic rings. The first-order chi connectivity index (χ1) is 22.2. The summed E-state index contributed by atoms with van der Waals surface area (Å²) in [6, 6.07) is 26.5. The quantitative estimate of drug-likeness (QED) is 0.185. The van der Waals surface area contributed by atoms with Gasteiger partial charge in [0.15, 0.2) is 5.78 Å². The van der Waals surface area contributed by atoms with Crippen LogP contribution in [0.15, 0.2) is 84.9 Å². The molecule has 8 heteroatoms. The van der Waals surface area contributed by atoms with Gasteiger partial charge in [-0.05, 0) is 77.1 Å². The maximum Gasteiger partial charge on any atom is 0.405 e. The number of nitrogens with zero attached hydrogens (tertiary/aromatic N) is 1. The standard InChI is InChI=1S/C38H38F3N3O2/c1-2-3-15-29-33-30(26-17-8-9-18-27(26)34(33)37(46)43-23-38(39,40)41)22-31(35(29)44-21-12-11-20-32(44)42)36(45)28-19-10-7-16-25(28)24-13-5-4-6-14-24/h4-10,13-14,16-19,22,32,34H,2-3,11-12,15,20-21,23,42H2,1H3,(H,43,46). The Kier molecular flexibility index (Phi) is 9.00. The van der Waals surface area contributed by atoms with Gasteiger partial charge in [-0.1, -0.05) is 92.2 Å². The first-order valence-corrected chi connectivity index (χ1v) is 16.0. The third kappa shape index (κ3) is 6.06. The minimum Gasteiger partial charge on any atom is -0.355 e. The number of hydrogen-bond acceptors (Lipinski definition) is 4. The highest BCUT2D eigenvalue weighted by molar-refractivity contribution is 6.17. The first kappa shape index (κ1) is 31.5.